The van der Waals surface area contributed by atoms with E-state index in [2.05, 4.69) is 27.3 Å². The summed E-state index contributed by atoms with van der Waals surface area (Å²) >= 11 is 0. The van der Waals surface area contributed by atoms with Crippen molar-refractivity contribution in [1.29, 1.82) is 0 Å². The topological polar surface area (TPSA) is 71.0 Å². The maximum absolute atomic E-state index is 12.2. The van der Waals surface area contributed by atoms with Crippen LogP contribution >= 0.6 is 0 Å². The molecule has 152 valence electrons. The molecule has 1 aliphatic heterocycles. The van der Waals surface area contributed by atoms with E-state index in [-0.39, 0.29) is 5.75 Å². The second kappa shape index (κ2) is 10.1. The molecular weight excluding hydrogens is 362 g/mol. The molecule has 0 unspecified atom stereocenters. The maximum atomic E-state index is 12.2. The fourth-order valence-corrected chi connectivity index (χ4v) is 4.38. The zero-order valence-electron chi connectivity index (χ0n) is 16.8. The van der Waals surface area contributed by atoms with E-state index in [9.17, 15) is 8.42 Å². The highest BCUT2D eigenvalue weighted by Gasteiger charge is 2.40. The number of ether oxygens (including phenoxy) is 1. The van der Waals surface area contributed by atoms with Crippen molar-refractivity contribution >= 4 is 15.8 Å². The van der Waals surface area contributed by atoms with Gasteiger partial charge in [0.1, 0.15) is 0 Å². The average molecular weight is 396 g/mol. The lowest BCUT2D eigenvalue weighted by molar-refractivity contribution is 0.117. The van der Waals surface area contributed by atoms with Crippen LogP contribution in [0, 0.1) is 0 Å². The number of guanidine groups is 1. The average Bonchev–Trinajstić information content (AvgIpc) is 2.63. The third-order valence-electron chi connectivity index (χ3n) is 4.75. The summed E-state index contributed by atoms with van der Waals surface area (Å²) in [5.74, 6) is 0.989. The van der Waals surface area contributed by atoms with Crippen molar-refractivity contribution in [3.63, 3.8) is 0 Å². The van der Waals surface area contributed by atoms with Gasteiger partial charge in [-0.15, -0.1) is 0 Å². The summed E-state index contributed by atoms with van der Waals surface area (Å²) in [5.41, 5.74) is 1.19. The fourth-order valence-electron chi connectivity index (χ4n) is 3.02. The molecule has 0 amide bonds. The number of nitrogens with zero attached hydrogens (tertiary/aromatic N) is 2. The van der Waals surface area contributed by atoms with Crippen LogP contribution < -0.4 is 5.32 Å². The molecule has 2 rings (SSSR count). The lowest BCUT2D eigenvalue weighted by Crippen LogP contribution is -2.57. The van der Waals surface area contributed by atoms with E-state index in [1.807, 2.05) is 25.1 Å². The Bertz CT molecular complexity index is 702. The van der Waals surface area contributed by atoms with E-state index >= 15 is 0 Å². The van der Waals surface area contributed by atoms with E-state index in [4.69, 9.17) is 4.74 Å². The summed E-state index contributed by atoms with van der Waals surface area (Å²) in [6, 6.07) is 10.2. The van der Waals surface area contributed by atoms with Crippen LogP contribution in [0.4, 0.5) is 0 Å². The number of rotatable bonds is 8. The number of nitrogens with one attached hydrogen (secondary N) is 1. The zero-order chi connectivity index (χ0) is 19.8. The Balaban J connectivity index is 1.75. The monoisotopic (exact) mass is 395 g/mol. The van der Waals surface area contributed by atoms with Crippen LogP contribution in [0.15, 0.2) is 35.3 Å². The molecule has 0 spiro atoms. The summed E-state index contributed by atoms with van der Waals surface area (Å²) in [7, 11) is -3.04. The second-order valence-corrected chi connectivity index (χ2v) is 10.2. The molecule has 0 radical (unpaired) electrons. The molecule has 0 aromatic heterocycles. The minimum atomic E-state index is -3.04. The molecule has 0 saturated carbocycles. The SMILES string of the molecule is CCNC(=NCCCCOCc1ccccc1)N1CCS(=O)(=O)C(C)(C)C1. The summed E-state index contributed by atoms with van der Waals surface area (Å²) < 4.78 is 29.3. The Labute approximate surface area is 163 Å². The van der Waals surface area contributed by atoms with Crippen molar-refractivity contribution in [2.24, 2.45) is 4.99 Å². The van der Waals surface area contributed by atoms with Crippen LogP contribution in [0.3, 0.4) is 0 Å². The predicted molar refractivity (Wildman–Crippen MR) is 111 cm³/mol. The standard InChI is InChI=1S/C20H33N3O3S/c1-4-21-19(23-13-15-27(24,25)20(2,3)17-23)22-12-8-9-14-26-16-18-10-6-5-7-11-18/h5-7,10-11H,4,8-9,12-17H2,1-3H3,(H,21,22). The van der Waals surface area contributed by atoms with Crippen LogP contribution in [0.2, 0.25) is 0 Å². The van der Waals surface area contributed by atoms with Gasteiger partial charge in [-0.2, -0.15) is 0 Å². The molecule has 1 N–H and O–H groups in total. The van der Waals surface area contributed by atoms with Crippen molar-refractivity contribution in [2.75, 3.05) is 38.5 Å². The van der Waals surface area contributed by atoms with E-state index < -0.39 is 14.6 Å². The molecule has 27 heavy (non-hydrogen) atoms. The number of sulfone groups is 1. The molecule has 1 aromatic carbocycles. The van der Waals surface area contributed by atoms with Gasteiger partial charge in [0.15, 0.2) is 15.8 Å². The third kappa shape index (κ3) is 6.50. The summed E-state index contributed by atoms with van der Waals surface area (Å²) in [6.07, 6.45) is 1.90. The minimum Gasteiger partial charge on any atom is -0.377 e. The number of hydrogen-bond acceptors (Lipinski definition) is 4. The molecule has 7 heteroatoms. The Kier molecular flexibility index (Phi) is 8.10. The molecule has 0 atom stereocenters. The molecule has 1 fully saturated rings. The lowest BCUT2D eigenvalue weighted by atomic mass is 10.2. The Morgan fingerprint density at radius 1 is 1.26 bits per heavy atom. The minimum absolute atomic E-state index is 0.178. The van der Waals surface area contributed by atoms with Crippen molar-refractivity contribution < 1.29 is 13.2 Å². The van der Waals surface area contributed by atoms with E-state index in [1.165, 1.54) is 5.56 Å². The summed E-state index contributed by atoms with van der Waals surface area (Å²) in [5, 5.41) is 3.29. The van der Waals surface area contributed by atoms with Gasteiger partial charge in [0, 0.05) is 32.8 Å². The third-order valence-corrected chi connectivity index (χ3v) is 7.28. The Morgan fingerprint density at radius 3 is 2.67 bits per heavy atom. The second-order valence-electron chi connectivity index (χ2n) is 7.48. The Morgan fingerprint density at radius 2 is 2.00 bits per heavy atom. The van der Waals surface area contributed by atoms with Gasteiger partial charge in [-0.3, -0.25) is 4.99 Å². The van der Waals surface area contributed by atoms with Gasteiger partial charge in [-0.05, 0) is 39.2 Å². The first kappa shape index (κ1) is 21.7. The predicted octanol–water partition coefficient (Wildman–Crippen LogP) is 2.46. The van der Waals surface area contributed by atoms with Crippen LogP contribution in [-0.2, 0) is 21.2 Å². The highest BCUT2D eigenvalue weighted by Crippen LogP contribution is 2.23. The largest absolute Gasteiger partial charge is 0.377 e. The first-order valence-corrected chi connectivity index (χ1v) is 11.4. The van der Waals surface area contributed by atoms with Gasteiger partial charge in [0.2, 0.25) is 0 Å². The quantitative estimate of drug-likeness (QED) is 0.416. The van der Waals surface area contributed by atoms with Gasteiger partial charge in [0.25, 0.3) is 0 Å². The van der Waals surface area contributed by atoms with Crippen molar-refractivity contribution in [3.05, 3.63) is 35.9 Å². The number of benzene rings is 1. The molecule has 1 saturated heterocycles. The summed E-state index contributed by atoms with van der Waals surface area (Å²) in [4.78, 5) is 6.75. The van der Waals surface area contributed by atoms with Crippen LogP contribution in [-0.4, -0.2) is 62.6 Å². The lowest BCUT2D eigenvalue weighted by Gasteiger charge is -2.39. The maximum Gasteiger partial charge on any atom is 0.193 e. The number of unbranched alkanes of at least 4 members (excludes halogenated alkanes) is 1. The van der Waals surface area contributed by atoms with Crippen LogP contribution in [0.25, 0.3) is 0 Å². The highest BCUT2D eigenvalue weighted by molar-refractivity contribution is 7.92. The van der Waals surface area contributed by atoms with E-state index in [0.29, 0.717) is 26.2 Å². The van der Waals surface area contributed by atoms with E-state index in [1.54, 1.807) is 13.8 Å². The molecule has 1 aromatic rings. The Hall–Kier alpha value is -1.60. The zero-order valence-corrected chi connectivity index (χ0v) is 17.6. The molecule has 0 aliphatic carbocycles. The molecule has 0 bridgehead atoms. The van der Waals surface area contributed by atoms with Gasteiger partial charge in [-0.25, -0.2) is 8.42 Å². The van der Waals surface area contributed by atoms with Gasteiger partial charge in [-0.1, -0.05) is 30.3 Å². The van der Waals surface area contributed by atoms with E-state index in [0.717, 1.165) is 32.0 Å². The first-order valence-electron chi connectivity index (χ1n) is 9.73. The van der Waals surface area contributed by atoms with Gasteiger partial charge in [0.05, 0.1) is 17.1 Å². The smallest absolute Gasteiger partial charge is 0.193 e. The molecule has 6 nitrogen and oxygen atoms in total. The van der Waals surface area contributed by atoms with Crippen molar-refractivity contribution in [3.8, 4) is 0 Å². The molecule has 1 aliphatic rings. The van der Waals surface area contributed by atoms with Gasteiger partial charge < -0.3 is 15.0 Å². The van der Waals surface area contributed by atoms with Crippen LogP contribution in [0.1, 0.15) is 39.2 Å². The number of aliphatic imine (C=N–C) groups is 1. The van der Waals surface area contributed by atoms with Crippen molar-refractivity contribution in [2.45, 2.75) is 45.0 Å². The first-order chi connectivity index (χ1) is 12.9. The highest BCUT2D eigenvalue weighted by atomic mass is 32.2. The van der Waals surface area contributed by atoms with Gasteiger partial charge >= 0.3 is 0 Å². The van der Waals surface area contributed by atoms with Crippen LogP contribution in [0.5, 0.6) is 0 Å². The fraction of sp³-hybridized carbons (Fsp3) is 0.650. The van der Waals surface area contributed by atoms with Crippen molar-refractivity contribution in [1.82, 2.24) is 10.2 Å². The number of hydrogen-bond donors (Lipinski definition) is 1. The molecule has 1 heterocycles. The normalized spacial score (nSPS) is 19.1. The summed E-state index contributed by atoms with van der Waals surface area (Å²) in [6.45, 7) is 9.42. The molecular formula is C20H33N3O3S.